The monoisotopic (exact) mass is 356 g/mol. The summed E-state index contributed by atoms with van der Waals surface area (Å²) in [7, 11) is 0. The largest absolute Gasteiger partial charge is 0.347 e. The van der Waals surface area contributed by atoms with Crippen LogP contribution in [0.2, 0.25) is 0 Å². The van der Waals surface area contributed by atoms with E-state index in [0.717, 1.165) is 17.7 Å². The molecule has 1 aromatic carbocycles. The molecule has 1 fully saturated rings. The van der Waals surface area contributed by atoms with Crippen molar-refractivity contribution in [3.63, 3.8) is 0 Å². The van der Waals surface area contributed by atoms with Gasteiger partial charge in [-0.1, -0.05) is 12.5 Å². The average Bonchev–Trinajstić information content (AvgIpc) is 3.07. The Morgan fingerprint density at radius 2 is 1.96 bits per heavy atom. The van der Waals surface area contributed by atoms with Crippen LogP contribution in [-0.2, 0) is 4.79 Å². The van der Waals surface area contributed by atoms with Crippen molar-refractivity contribution in [2.24, 2.45) is 5.92 Å². The molecule has 1 heterocycles. The first-order valence-corrected chi connectivity index (χ1v) is 8.60. The minimum Gasteiger partial charge on any atom is -0.347 e. The molecule has 1 aromatic heterocycles. The zero-order valence-corrected chi connectivity index (χ0v) is 14.8. The Balaban J connectivity index is 1.67. The van der Waals surface area contributed by atoms with Gasteiger partial charge in [-0.05, 0) is 44.4 Å². The molecule has 0 aliphatic heterocycles. The highest BCUT2D eigenvalue weighted by molar-refractivity contribution is 5.95. The number of halogens is 1. The number of hydrogen-bond donors (Lipinski definition) is 2. The van der Waals surface area contributed by atoms with E-state index >= 15 is 0 Å². The fourth-order valence-corrected chi connectivity index (χ4v) is 3.16. The molecule has 0 saturated heterocycles. The van der Waals surface area contributed by atoms with Crippen LogP contribution in [0.1, 0.15) is 41.0 Å². The molecule has 136 valence electrons. The zero-order valence-electron chi connectivity index (χ0n) is 14.8. The number of carbonyl (C=O) groups excluding carboxylic acids is 2. The minimum atomic E-state index is -0.475. The van der Waals surface area contributed by atoms with Crippen molar-refractivity contribution in [1.29, 1.82) is 0 Å². The van der Waals surface area contributed by atoms with E-state index in [1.54, 1.807) is 19.1 Å². The Labute approximate surface area is 151 Å². The summed E-state index contributed by atoms with van der Waals surface area (Å²) in [5, 5.41) is 5.51. The van der Waals surface area contributed by atoms with Crippen molar-refractivity contribution in [2.45, 2.75) is 39.2 Å². The highest BCUT2D eigenvalue weighted by Gasteiger charge is 2.34. The van der Waals surface area contributed by atoms with Crippen LogP contribution >= 0.6 is 0 Å². The predicted octanol–water partition coefficient (Wildman–Crippen LogP) is 2.77. The fourth-order valence-electron chi connectivity index (χ4n) is 3.16. The van der Waals surface area contributed by atoms with E-state index in [9.17, 15) is 14.0 Å². The van der Waals surface area contributed by atoms with Crippen LogP contribution in [0.4, 0.5) is 10.1 Å². The smallest absolute Gasteiger partial charge is 0.271 e. The zero-order chi connectivity index (χ0) is 18.7. The molecule has 26 heavy (non-hydrogen) atoms. The third-order valence-electron chi connectivity index (χ3n) is 4.56. The molecule has 1 saturated carbocycles. The lowest BCUT2D eigenvalue weighted by atomic mass is 10.0. The second-order valence-electron chi connectivity index (χ2n) is 6.63. The van der Waals surface area contributed by atoms with Crippen molar-refractivity contribution in [2.75, 3.05) is 5.32 Å². The highest BCUT2D eigenvalue weighted by Crippen LogP contribution is 2.28. The number of nitrogens with zero attached hydrogens (tertiary/aromatic N) is 2. The molecule has 1 aliphatic rings. The van der Waals surface area contributed by atoms with Gasteiger partial charge in [0.15, 0.2) is 0 Å². The molecule has 3 rings (SSSR count). The van der Waals surface area contributed by atoms with Gasteiger partial charge in [0, 0.05) is 12.2 Å². The molecule has 2 N–H and O–H groups in total. The van der Waals surface area contributed by atoms with Crippen LogP contribution in [0.15, 0.2) is 30.6 Å². The van der Waals surface area contributed by atoms with E-state index in [2.05, 4.69) is 20.6 Å². The Bertz CT molecular complexity index is 823. The summed E-state index contributed by atoms with van der Waals surface area (Å²) in [6, 6.07) is 4.26. The summed E-state index contributed by atoms with van der Waals surface area (Å²) < 4.78 is 13.9. The second kappa shape index (κ2) is 7.59. The number of aryl methyl sites for hydroxylation is 2. The van der Waals surface area contributed by atoms with Gasteiger partial charge in [-0.2, -0.15) is 0 Å². The topological polar surface area (TPSA) is 84.0 Å². The van der Waals surface area contributed by atoms with Gasteiger partial charge in [0.25, 0.3) is 5.91 Å². The fraction of sp³-hybridized carbons (Fsp3) is 0.368. The van der Waals surface area contributed by atoms with Crippen molar-refractivity contribution >= 4 is 17.5 Å². The Morgan fingerprint density at radius 3 is 2.69 bits per heavy atom. The van der Waals surface area contributed by atoms with Gasteiger partial charge in [0.1, 0.15) is 11.5 Å². The third kappa shape index (κ3) is 4.04. The van der Waals surface area contributed by atoms with E-state index in [1.807, 2.05) is 6.92 Å². The number of benzene rings is 1. The number of amides is 2. The first-order chi connectivity index (χ1) is 12.4. The molecule has 0 bridgehead atoms. The standard InChI is InChI=1S/C19H21FN4O2/c1-11-6-7-14(20)16(8-11)24-18(25)13-4-3-5-15(13)23-19(26)17-10-21-12(2)9-22-17/h6-10,13,15H,3-5H2,1-2H3,(H,23,26)(H,24,25)/t13-,15+/m0/s1. The molecule has 0 radical (unpaired) electrons. The van der Waals surface area contributed by atoms with E-state index in [1.165, 1.54) is 18.5 Å². The summed E-state index contributed by atoms with van der Waals surface area (Å²) >= 11 is 0. The number of carbonyl (C=O) groups is 2. The molecule has 2 amide bonds. The van der Waals surface area contributed by atoms with Crippen LogP contribution < -0.4 is 10.6 Å². The van der Waals surface area contributed by atoms with Crippen molar-refractivity contribution in [1.82, 2.24) is 15.3 Å². The van der Waals surface area contributed by atoms with E-state index < -0.39 is 11.7 Å². The number of aromatic nitrogens is 2. The first-order valence-electron chi connectivity index (χ1n) is 8.60. The number of anilines is 1. The van der Waals surface area contributed by atoms with Gasteiger partial charge >= 0.3 is 0 Å². The van der Waals surface area contributed by atoms with Gasteiger partial charge in [-0.3, -0.25) is 14.6 Å². The van der Waals surface area contributed by atoms with Crippen LogP contribution in [0.25, 0.3) is 0 Å². The maximum absolute atomic E-state index is 13.9. The lowest BCUT2D eigenvalue weighted by Crippen LogP contribution is -2.42. The lowest BCUT2D eigenvalue weighted by molar-refractivity contribution is -0.120. The molecule has 0 spiro atoms. The summed E-state index contributed by atoms with van der Waals surface area (Å²) in [6.07, 6.45) is 5.09. The Morgan fingerprint density at radius 1 is 1.15 bits per heavy atom. The van der Waals surface area contributed by atoms with Crippen molar-refractivity contribution in [3.8, 4) is 0 Å². The molecule has 2 aromatic rings. The summed E-state index contributed by atoms with van der Waals surface area (Å²) in [4.78, 5) is 33.0. The van der Waals surface area contributed by atoms with E-state index in [-0.39, 0.29) is 29.2 Å². The van der Waals surface area contributed by atoms with Crippen molar-refractivity contribution < 1.29 is 14.0 Å². The number of hydrogen-bond acceptors (Lipinski definition) is 4. The quantitative estimate of drug-likeness (QED) is 0.882. The van der Waals surface area contributed by atoms with Gasteiger partial charge in [-0.15, -0.1) is 0 Å². The van der Waals surface area contributed by atoms with Gasteiger partial charge in [-0.25, -0.2) is 9.37 Å². The number of rotatable bonds is 4. The van der Waals surface area contributed by atoms with E-state index in [0.29, 0.717) is 12.8 Å². The summed E-state index contributed by atoms with van der Waals surface area (Å²) in [6.45, 7) is 3.62. The van der Waals surface area contributed by atoms with Crippen LogP contribution in [0.3, 0.4) is 0 Å². The maximum Gasteiger partial charge on any atom is 0.271 e. The van der Waals surface area contributed by atoms with Gasteiger partial charge < -0.3 is 10.6 Å². The molecule has 6 nitrogen and oxygen atoms in total. The maximum atomic E-state index is 13.9. The van der Waals surface area contributed by atoms with Gasteiger partial charge in [0.2, 0.25) is 5.91 Å². The highest BCUT2D eigenvalue weighted by atomic mass is 19.1. The Hall–Kier alpha value is -2.83. The molecule has 7 heteroatoms. The van der Waals surface area contributed by atoms with Crippen LogP contribution in [0.5, 0.6) is 0 Å². The molecule has 1 aliphatic carbocycles. The van der Waals surface area contributed by atoms with Crippen LogP contribution in [-0.4, -0.2) is 27.8 Å². The Kier molecular flexibility index (Phi) is 5.25. The van der Waals surface area contributed by atoms with Gasteiger partial charge in [0.05, 0.1) is 23.5 Å². The summed E-state index contributed by atoms with van der Waals surface area (Å²) in [5.41, 5.74) is 1.96. The average molecular weight is 356 g/mol. The van der Waals surface area contributed by atoms with Crippen molar-refractivity contribution in [3.05, 3.63) is 53.4 Å². The second-order valence-corrected chi connectivity index (χ2v) is 6.63. The minimum absolute atomic E-state index is 0.163. The SMILES string of the molecule is Cc1ccc(F)c(NC(=O)[C@H]2CCC[C@H]2NC(=O)c2cnc(C)cn2)c1. The van der Waals surface area contributed by atoms with Crippen LogP contribution in [0, 0.1) is 25.6 Å². The number of nitrogens with one attached hydrogen (secondary N) is 2. The normalized spacial score (nSPS) is 19.2. The molecule has 2 atom stereocenters. The van der Waals surface area contributed by atoms with E-state index in [4.69, 9.17) is 0 Å². The lowest BCUT2D eigenvalue weighted by Gasteiger charge is -2.20. The third-order valence-corrected chi connectivity index (χ3v) is 4.56. The molecular formula is C19H21FN4O2. The molecular weight excluding hydrogens is 335 g/mol. The summed E-state index contributed by atoms with van der Waals surface area (Å²) in [5.74, 6) is -1.52. The predicted molar refractivity (Wildman–Crippen MR) is 95.1 cm³/mol. The first kappa shape index (κ1) is 18.0. The molecule has 0 unspecified atom stereocenters.